The second-order valence-corrected chi connectivity index (χ2v) is 12.0. The van der Waals surface area contributed by atoms with Gasteiger partial charge in [0.05, 0.1) is 38.6 Å². The van der Waals surface area contributed by atoms with Crippen LogP contribution in [0.5, 0.6) is 11.5 Å². The maximum absolute atomic E-state index is 14.1. The van der Waals surface area contributed by atoms with Crippen molar-refractivity contribution in [1.29, 1.82) is 0 Å². The molecule has 1 aromatic heterocycles. The SMILES string of the molecule is CCOC(=O)C1=C(C)N=c2s/c(=C\c3cc(Cl)cc(I)c3OCc3ccccc3)c(=O)n2[C@@H]1c1ccc(OCC)cc1. The van der Waals surface area contributed by atoms with Crippen molar-refractivity contribution in [2.24, 2.45) is 4.99 Å². The molecule has 0 radical (unpaired) electrons. The van der Waals surface area contributed by atoms with Crippen LogP contribution >= 0.6 is 45.5 Å². The first-order valence-corrected chi connectivity index (χ1v) is 15.7. The van der Waals surface area contributed by atoms with Gasteiger partial charge in [-0.1, -0.05) is 65.4 Å². The Morgan fingerprint density at radius 1 is 1.07 bits per heavy atom. The second-order valence-electron chi connectivity index (χ2n) is 9.38. The van der Waals surface area contributed by atoms with Crippen molar-refractivity contribution in [3.63, 3.8) is 0 Å². The molecule has 0 bridgehead atoms. The number of hydrogen-bond acceptors (Lipinski definition) is 7. The summed E-state index contributed by atoms with van der Waals surface area (Å²) in [6.45, 7) is 6.52. The molecule has 0 unspecified atom stereocenters. The monoisotopic (exact) mass is 714 g/mol. The highest BCUT2D eigenvalue weighted by atomic mass is 127. The first kappa shape index (κ1) is 30.1. The Balaban J connectivity index is 1.64. The van der Waals surface area contributed by atoms with Crippen molar-refractivity contribution < 1.29 is 19.0 Å². The van der Waals surface area contributed by atoms with E-state index in [1.54, 1.807) is 30.6 Å². The van der Waals surface area contributed by atoms with Crippen LogP contribution in [0.15, 0.2) is 87.8 Å². The molecule has 42 heavy (non-hydrogen) atoms. The largest absolute Gasteiger partial charge is 0.494 e. The van der Waals surface area contributed by atoms with Gasteiger partial charge in [0.1, 0.15) is 18.1 Å². The van der Waals surface area contributed by atoms with Gasteiger partial charge in [-0.05, 0) is 84.8 Å². The summed E-state index contributed by atoms with van der Waals surface area (Å²) in [5.74, 6) is 0.819. The van der Waals surface area contributed by atoms with Crippen molar-refractivity contribution in [2.75, 3.05) is 13.2 Å². The molecule has 2 heterocycles. The van der Waals surface area contributed by atoms with Crippen LogP contribution in [0.4, 0.5) is 0 Å². The maximum Gasteiger partial charge on any atom is 0.338 e. The highest BCUT2D eigenvalue weighted by Crippen LogP contribution is 2.33. The number of carbonyl (C=O) groups excluding carboxylic acids is 1. The van der Waals surface area contributed by atoms with Gasteiger partial charge in [-0.25, -0.2) is 9.79 Å². The molecule has 1 aliphatic heterocycles. The predicted octanol–water partition coefficient (Wildman–Crippen LogP) is 6.03. The number of thiazole rings is 1. The average molecular weight is 715 g/mol. The van der Waals surface area contributed by atoms with Gasteiger partial charge in [-0.3, -0.25) is 9.36 Å². The van der Waals surface area contributed by atoms with E-state index >= 15 is 0 Å². The Kier molecular flexibility index (Phi) is 9.50. The Morgan fingerprint density at radius 2 is 1.81 bits per heavy atom. The molecule has 1 aliphatic rings. The lowest BCUT2D eigenvalue weighted by molar-refractivity contribution is -0.139. The van der Waals surface area contributed by atoms with Crippen LogP contribution in [0.1, 0.15) is 43.5 Å². The van der Waals surface area contributed by atoms with E-state index in [9.17, 15) is 9.59 Å². The topological polar surface area (TPSA) is 79.1 Å². The first-order valence-electron chi connectivity index (χ1n) is 13.4. The van der Waals surface area contributed by atoms with Crippen molar-refractivity contribution in [1.82, 2.24) is 4.57 Å². The Bertz CT molecular complexity index is 1830. The van der Waals surface area contributed by atoms with E-state index in [4.69, 9.17) is 25.8 Å². The highest BCUT2D eigenvalue weighted by Gasteiger charge is 2.33. The molecule has 10 heteroatoms. The summed E-state index contributed by atoms with van der Waals surface area (Å²) in [6, 6.07) is 20.1. The fourth-order valence-electron chi connectivity index (χ4n) is 4.73. The van der Waals surface area contributed by atoms with Gasteiger partial charge in [0, 0.05) is 10.6 Å². The van der Waals surface area contributed by atoms with E-state index in [0.29, 0.717) is 55.9 Å². The van der Waals surface area contributed by atoms with Gasteiger partial charge >= 0.3 is 5.97 Å². The zero-order valence-electron chi connectivity index (χ0n) is 23.2. The number of esters is 1. The van der Waals surface area contributed by atoms with Crippen molar-refractivity contribution in [3.8, 4) is 11.5 Å². The van der Waals surface area contributed by atoms with E-state index in [2.05, 4.69) is 27.6 Å². The minimum atomic E-state index is -0.716. The molecule has 0 saturated heterocycles. The van der Waals surface area contributed by atoms with Crippen molar-refractivity contribution in [2.45, 2.75) is 33.4 Å². The van der Waals surface area contributed by atoms with Crippen LogP contribution in [0, 0.1) is 3.57 Å². The first-order chi connectivity index (χ1) is 20.3. The van der Waals surface area contributed by atoms with Gasteiger partial charge < -0.3 is 14.2 Å². The maximum atomic E-state index is 14.1. The normalized spacial score (nSPS) is 14.8. The molecule has 0 fully saturated rings. The van der Waals surface area contributed by atoms with Crippen LogP contribution < -0.4 is 24.4 Å². The Labute approximate surface area is 265 Å². The lowest BCUT2D eigenvalue weighted by atomic mass is 9.96. The summed E-state index contributed by atoms with van der Waals surface area (Å²) < 4.78 is 20.1. The number of nitrogens with zero attached hydrogens (tertiary/aromatic N) is 2. The van der Waals surface area contributed by atoms with E-state index in [1.807, 2.05) is 67.6 Å². The van der Waals surface area contributed by atoms with Gasteiger partial charge in [-0.2, -0.15) is 0 Å². The third kappa shape index (κ3) is 6.33. The molecule has 7 nitrogen and oxygen atoms in total. The van der Waals surface area contributed by atoms with E-state index < -0.39 is 12.0 Å². The van der Waals surface area contributed by atoms with Gasteiger partial charge in [0.15, 0.2) is 4.80 Å². The lowest BCUT2D eigenvalue weighted by Gasteiger charge is -2.24. The average Bonchev–Trinajstić information content (AvgIpc) is 3.27. The number of ether oxygens (including phenoxy) is 3. The standard InChI is InChI=1S/C32H28ClIN2O5S/c1-4-39-24-13-11-21(12-14-24)28-27(31(38)40-5-2)19(3)35-32-36(28)30(37)26(42-32)16-22-15-23(33)17-25(34)29(22)41-18-20-9-7-6-8-10-20/h6-17,28H,4-5,18H2,1-3H3/b26-16-/t28-/m1/s1. The third-order valence-electron chi connectivity index (χ3n) is 6.57. The molecule has 0 N–H and O–H groups in total. The van der Waals surface area contributed by atoms with Gasteiger partial charge in [0.2, 0.25) is 0 Å². The number of aromatic nitrogens is 1. The predicted molar refractivity (Wildman–Crippen MR) is 173 cm³/mol. The van der Waals surface area contributed by atoms with Crippen LogP contribution in [0.2, 0.25) is 5.02 Å². The second kappa shape index (κ2) is 13.3. The molecule has 0 saturated carbocycles. The molecule has 1 atom stereocenters. The molecule has 0 spiro atoms. The summed E-state index contributed by atoms with van der Waals surface area (Å²) in [7, 11) is 0. The number of fused-ring (bicyclic) bond motifs is 1. The van der Waals surface area contributed by atoms with E-state index in [1.165, 1.54) is 11.3 Å². The smallest absolute Gasteiger partial charge is 0.338 e. The molecular formula is C32H28ClIN2O5S. The molecular weight excluding hydrogens is 687 g/mol. The Hall–Kier alpha value is -3.41. The van der Waals surface area contributed by atoms with Crippen LogP contribution in [0.25, 0.3) is 6.08 Å². The minimum Gasteiger partial charge on any atom is -0.494 e. The minimum absolute atomic E-state index is 0.204. The summed E-state index contributed by atoms with van der Waals surface area (Å²) in [5.41, 5.74) is 2.98. The number of hydrogen-bond donors (Lipinski definition) is 0. The number of benzene rings is 3. The summed E-state index contributed by atoms with van der Waals surface area (Å²) in [6.07, 6.45) is 1.77. The molecule has 5 rings (SSSR count). The fourth-order valence-corrected chi connectivity index (χ4v) is 6.98. The quantitative estimate of drug-likeness (QED) is 0.156. The number of halogens is 2. The number of allylic oxidation sites excluding steroid dienone is 1. The van der Waals surface area contributed by atoms with Crippen molar-refractivity contribution in [3.05, 3.63) is 123 Å². The molecule has 4 aromatic rings. The zero-order chi connectivity index (χ0) is 29.8. The summed E-state index contributed by atoms with van der Waals surface area (Å²) >= 11 is 9.87. The van der Waals surface area contributed by atoms with Gasteiger partial charge in [-0.15, -0.1) is 0 Å². The number of rotatable bonds is 9. The lowest BCUT2D eigenvalue weighted by Crippen LogP contribution is -2.39. The summed E-state index contributed by atoms with van der Waals surface area (Å²) in [4.78, 5) is 32.4. The number of carbonyl (C=O) groups is 1. The van der Waals surface area contributed by atoms with Crippen molar-refractivity contribution >= 4 is 57.6 Å². The zero-order valence-corrected chi connectivity index (χ0v) is 27.0. The van der Waals surface area contributed by atoms with E-state index in [-0.39, 0.29) is 12.2 Å². The van der Waals surface area contributed by atoms with Gasteiger partial charge in [0.25, 0.3) is 5.56 Å². The fraction of sp³-hybridized carbons (Fsp3) is 0.219. The van der Waals surface area contributed by atoms with E-state index in [0.717, 1.165) is 14.7 Å². The van der Waals surface area contributed by atoms with Crippen LogP contribution in [0.3, 0.4) is 0 Å². The van der Waals surface area contributed by atoms with Crippen LogP contribution in [-0.4, -0.2) is 23.8 Å². The van der Waals surface area contributed by atoms with Crippen LogP contribution in [-0.2, 0) is 16.1 Å². The highest BCUT2D eigenvalue weighted by molar-refractivity contribution is 14.1. The molecule has 0 amide bonds. The summed E-state index contributed by atoms with van der Waals surface area (Å²) in [5, 5.41) is 0.526. The Morgan fingerprint density at radius 3 is 2.50 bits per heavy atom. The molecule has 3 aromatic carbocycles. The molecule has 0 aliphatic carbocycles. The third-order valence-corrected chi connectivity index (χ3v) is 8.58. The molecule has 216 valence electrons.